The summed E-state index contributed by atoms with van der Waals surface area (Å²) in [6.45, 7) is 1.59. The van der Waals surface area contributed by atoms with Crippen LogP contribution >= 0.6 is 22.6 Å². The minimum Gasteiger partial charge on any atom is -0.353 e. The van der Waals surface area contributed by atoms with Gasteiger partial charge in [0.25, 0.3) is 11.1 Å². The molecule has 2 saturated carbocycles. The first-order chi connectivity index (χ1) is 19.6. The van der Waals surface area contributed by atoms with Crippen molar-refractivity contribution >= 4 is 50.9 Å². The molecule has 0 unspecified atom stereocenters. The van der Waals surface area contributed by atoms with Crippen LogP contribution in [-0.4, -0.2) is 25.7 Å². The van der Waals surface area contributed by atoms with Gasteiger partial charge in [-0.1, -0.05) is 12.1 Å². The number of carbonyl (C=O) groups is 1. The van der Waals surface area contributed by atoms with Crippen LogP contribution in [-0.2, 0) is 18.3 Å². The minimum absolute atomic E-state index is 0.0132. The highest BCUT2D eigenvalue weighted by molar-refractivity contribution is 14.1. The zero-order valence-electron chi connectivity index (χ0n) is 22.7. The number of nitrogens with one attached hydrogen (secondary N) is 2. The molecule has 0 spiro atoms. The van der Waals surface area contributed by atoms with Crippen molar-refractivity contribution in [3.8, 4) is 5.69 Å². The number of carbonyl (C=O) groups excluding carboxylic acids is 1. The van der Waals surface area contributed by atoms with Crippen LogP contribution in [0, 0.1) is 16.3 Å². The number of halogens is 2. The molecule has 2 aliphatic rings. The van der Waals surface area contributed by atoms with Gasteiger partial charge in [-0.3, -0.25) is 28.1 Å². The van der Waals surface area contributed by atoms with Crippen LogP contribution in [0.3, 0.4) is 0 Å². The summed E-state index contributed by atoms with van der Waals surface area (Å²) in [7, 11) is 1.52. The highest BCUT2D eigenvalue weighted by atomic mass is 127. The SMILES string of the molecule is Cc1c(=O)n(C)c(Nc2ccc(I)cc2F)c2c(=O)n(C3CC3)c(=O)n(-c3cccc(CCC(=O)NC4CC4)c3)c12. The minimum atomic E-state index is -0.535. The van der Waals surface area contributed by atoms with E-state index < -0.39 is 22.6 Å². The second kappa shape index (κ2) is 10.6. The molecule has 41 heavy (non-hydrogen) atoms. The number of anilines is 2. The molecule has 2 aromatic heterocycles. The fourth-order valence-corrected chi connectivity index (χ4v) is 5.66. The highest BCUT2D eigenvalue weighted by Crippen LogP contribution is 2.34. The van der Waals surface area contributed by atoms with Crippen molar-refractivity contribution in [2.75, 3.05) is 5.32 Å². The third-order valence-corrected chi connectivity index (χ3v) is 8.36. The smallest absolute Gasteiger partial charge is 0.336 e. The largest absolute Gasteiger partial charge is 0.353 e. The number of aromatic nitrogens is 3. The van der Waals surface area contributed by atoms with Gasteiger partial charge in [0, 0.05) is 34.7 Å². The molecule has 6 rings (SSSR count). The first-order valence-corrected chi connectivity index (χ1v) is 14.7. The van der Waals surface area contributed by atoms with Crippen LogP contribution in [0.25, 0.3) is 16.6 Å². The lowest BCUT2D eigenvalue weighted by Gasteiger charge is -2.21. The van der Waals surface area contributed by atoms with Crippen molar-refractivity contribution in [2.45, 2.75) is 57.5 Å². The molecule has 0 radical (unpaired) electrons. The Kier molecular flexibility index (Phi) is 7.08. The van der Waals surface area contributed by atoms with E-state index in [-0.39, 0.29) is 46.0 Å². The molecule has 2 heterocycles. The Hall–Kier alpha value is -3.74. The molecular weight excluding hydrogens is 640 g/mol. The molecule has 4 aromatic rings. The first kappa shape index (κ1) is 27.4. The third-order valence-electron chi connectivity index (χ3n) is 7.69. The normalized spacial score (nSPS) is 14.8. The van der Waals surface area contributed by atoms with Crippen molar-refractivity contribution in [1.29, 1.82) is 0 Å². The quantitative estimate of drug-likeness (QED) is 0.274. The second-order valence-corrected chi connectivity index (χ2v) is 12.1. The van der Waals surface area contributed by atoms with Crippen LogP contribution < -0.4 is 27.4 Å². The molecule has 2 aliphatic carbocycles. The van der Waals surface area contributed by atoms with Gasteiger partial charge >= 0.3 is 5.69 Å². The van der Waals surface area contributed by atoms with Crippen LogP contribution in [0.2, 0.25) is 0 Å². The molecule has 2 N–H and O–H groups in total. The molecule has 0 atom stereocenters. The second-order valence-electron chi connectivity index (χ2n) is 10.8. The van der Waals surface area contributed by atoms with E-state index in [1.807, 2.05) is 34.7 Å². The maximum absolute atomic E-state index is 14.9. The lowest BCUT2D eigenvalue weighted by Crippen LogP contribution is -2.41. The predicted octanol–water partition coefficient (Wildman–Crippen LogP) is 4.19. The fraction of sp³-hybridized carbons (Fsp3) is 0.333. The van der Waals surface area contributed by atoms with Crippen LogP contribution in [0.15, 0.2) is 56.8 Å². The lowest BCUT2D eigenvalue weighted by atomic mass is 10.1. The van der Waals surface area contributed by atoms with E-state index in [1.54, 1.807) is 31.2 Å². The number of hydrogen-bond acceptors (Lipinski definition) is 5. The average Bonchev–Trinajstić information content (AvgIpc) is 3.87. The Balaban J connectivity index is 1.55. The van der Waals surface area contributed by atoms with Crippen molar-refractivity contribution in [2.24, 2.45) is 7.05 Å². The summed E-state index contributed by atoms with van der Waals surface area (Å²) in [6.07, 6.45) is 4.19. The van der Waals surface area contributed by atoms with Crippen molar-refractivity contribution in [3.63, 3.8) is 0 Å². The summed E-state index contributed by atoms with van der Waals surface area (Å²) in [5.74, 6) is -0.440. The van der Waals surface area contributed by atoms with Gasteiger partial charge in [0.2, 0.25) is 5.91 Å². The van der Waals surface area contributed by atoms with E-state index >= 15 is 0 Å². The number of benzene rings is 2. The zero-order chi connectivity index (χ0) is 29.0. The molecule has 0 saturated heterocycles. The van der Waals surface area contributed by atoms with Crippen molar-refractivity contribution in [1.82, 2.24) is 19.0 Å². The van der Waals surface area contributed by atoms with Gasteiger partial charge in [-0.25, -0.2) is 9.18 Å². The van der Waals surface area contributed by atoms with Gasteiger partial charge in [0.15, 0.2) is 0 Å². The van der Waals surface area contributed by atoms with Gasteiger partial charge in [-0.05, 0) is 97.5 Å². The summed E-state index contributed by atoms with van der Waals surface area (Å²) >= 11 is 2.00. The van der Waals surface area contributed by atoms with Gasteiger partial charge in [0.1, 0.15) is 17.0 Å². The van der Waals surface area contributed by atoms with Gasteiger partial charge in [0.05, 0.1) is 16.9 Å². The van der Waals surface area contributed by atoms with E-state index in [9.17, 15) is 23.6 Å². The summed E-state index contributed by atoms with van der Waals surface area (Å²) in [6, 6.07) is 11.9. The summed E-state index contributed by atoms with van der Waals surface area (Å²) in [4.78, 5) is 53.7. The first-order valence-electron chi connectivity index (χ1n) is 13.7. The fourth-order valence-electron chi connectivity index (χ4n) is 5.21. The zero-order valence-corrected chi connectivity index (χ0v) is 24.8. The van der Waals surface area contributed by atoms with Gasteiger partial charge < -0.3 is 10.6 Å². The Bertz CT molecular complexity index is 1900. The molecule has 0 bridgehead atoms. The third kappa shape index (κ3) is 5.22. The molecule has 212 valence electrons. The van der Waals surface area contributed by atoms with E-state index in [4.69, 9.17) is 0 Å². The monoisotopic (exact) mass is 669 g/mol. The summed E-state index contributed by atoms with van der Waals surface area (Å²) in [5, 5.41) is 6.09. The molecule has 1 amide bonds. The lowest BCUT2D eigenvalue weighted by molar-refractivity contribution is -0.121. The number of hydrogen-bond donors (Lipinski definition) is 2. The maximum atomic E-state index is 14.9. The Morgan fingerprint density at radius 1 is 1.05 bits per heavy atom. The summed E-state index contributed by atoms with van der Waals surface area (Å²) in [5.41, 5.74) is 0.359. The number of nitrogens with zero attached hydrogens (tertiary/aromatic N) is 3. The Morgan fingerprint density at radius 3 is 2.49 bits per heavy atom. The van der Waals surface area contributed by atoms with Crippen molar-refractivity contribution in [3.05, 3.63) is 94.2 Å². The van der Waals surface area contributed by atoms with E-state index in [1.165, 1.54) is 26.8 Å². The van der Waals surface area contributed by atoms with Gasteiger partial charge in [-0.2, -0.15) is 0 Å². The Labute approximate surface area is 248 Å². The molecule has 9 nitrogen and oxygen atoms in total. The van der Waals surface area contributed by atoms with Gasteiger partial charge in [-0.15, -0.1) is 0 Å². The summed E-state index contributed by atoms with van der Waals surface area (Å²) < 4.78 is 19.5. The number of fused-ring (bicyclic) bond motifs is 1. The Morgan fingerprint density at radius 2 is 1.80 bits per heavy atom. The van der Waals surface area contributed by atoms with Crippen molar-refractivity contribution < 1.29 is 9.18 Å². The topological polar surface area (TPSA) is 107 Å². The number of aryl methyl sites for hydroxylation is 2. The average molecular weight is 669 g/mol. The maximum Gasteiger partial charge on any atom is 0.336 e. The highest BCUT2D eigenvalue weighted by Gasteiger charge is 2.31. The standard InChI is InChI=1S/C30H29FIN5O4/c1-16-26-25(27(35(2)28(16)39)34-23-12-7-18(32)15-22(23)31)29(40)37(20-10-11-20)30(41)36(26)21-5-3-4-17(14-21)6-13-24(38)33-19-8-9-19/h3-5,7,12,14-15,19-20,34H,6,8-11,13H2,1-2H3,(H,33,38). The number of pyridine rings is 1. The van der Waals surface area contributed by atoms with E-state index in [2.05, 4.69) is 10.6 Å². The van der Waals surface area contributed by atoms with E-state index in [0.717, 1.165) is 18.4 Å². The van der Waals surface area contributed by atoms with E-state index in [0.29, 0.717) is 34.9 Å². The molecule has 11 heteroatoms. The van der Waals surface area contributed by atoms with Crippen LogP contribution in [0.4, 0.5) is 15.9 Å². The predicted molar refractivity (Wildman–Crippen MR) is 164 cm³/mol. The molecule has 0 aliphatic heterocycles. The number of amides is 1. The number of rotatable bonds is 8. The van der Waals surface area contributed by atoms with Crippen LogP contribution in [0.1, 0.15) is 49.3 Å². The molecule has 2 fully saturated rings. The molecule has 2 aromatic carbocycles. The van der Waals surface area contributed by atoms with Crippen LogP contribution in [0.5, 0.6) is 0 Å². The molecular formula is C30H29FIN5O4.